The third-order valence-corrected chi connectivity index (χ3v) is 9.09. The average Bonchev–Trinajstić information content (AvgIpc) is 3.28. The number of aliphatic hydroxyl groups excluding tert-OH is 2. The van der Waals surface area contributed by atoms with E-state index < -0.39 is 7.92 Å². The monoisotopic (exact) mass is 758 g/mol. The van der Waals surface area contributed by atoms with E-state index in [0.717, 1.165) is 5.69 Å². The molecule has 4 nitrogen and oxygen atoms in total. The molecule has 2 N–H and O–H groups in total. The minimum atomic E-state index is -0.794. The summed E-state index contributed by atoms with van der Waals surface area (Å²) < 4.78 is 0. The molecule has 0 amide bonds. The number of hydrogen-bond acceptors (Lipinski definition) is 4. The van der Waals surface area contributed by atoms with E-state index in [0.29, 0.717) is 6.42 Å². The van der Waals surface area contributed by atoms with Gasteiger partial charge in [-0.2, -0.15) is 43.1 Å². The number of nitrogens with zero attached hydrogens (tertiary/aromatic N) is 2. The number of aryl methyl sites for hydroxylation is 2. The van der Waals surface area contributed by atoms with Gasteiger partial charge in [0, 0.05) is 39.1 Å². The molecular weight excluding hydrogens is 714 g/mol. The second kappa shape index (κ2) is 17.9. The van der Waals surface area contributed by atoms with Gasteiger partial charge in [0.05, 0.1) is 22.8 Å². The summed E-state index contributed by atoms with van der Waals surface area (Å²) in [4.78, 5) is 4.34. The van der Waals surface area contributed by atoms with Crippen molar-refractivity contribution in [3.63, 3.8) is 0 Å². The smallest absolute Gasteiger partial charge is 0.0850 e. The molecular formula is C36H43N2O2OsP-2. The van der Waals surface area contributed by atoms with Gasteiger partial charge in [0.15, 0.2) is 0 Å². The third-order valence-electron chi connectivity index (χ3n) is 6.61. The molecule has 0 radical (unpaired) electrons. The molecule has 6 heteroatoms. The van der Waals surface area contributed by atoms with Crippen LogP contribution in [0.1, 0.15) is 31.4 Å². The summed E-state index contributed by atoms with van der Waals surface area (Å²) >= 11 is 0. The maximum atomic E-state index is 8.56. The molecule has 1 heterocycles. The van der Waals surface area contributed by atoms with E-state index in [1.165, 1.54) is 33.1 Å². The Balaban J connectivity index is 0.000000238. The van der Waals surface area contributed by atoms with Crippen molar-refractivity contribution < 1.29 is 30.0 Å². The second-order valence-corrected chi connectivity index (χ2v) is 12.6. The largest absolute Gasteiger partial charge is 0.504 e. The van der Waals surface area contributed by atoms with Gasteiger partial charge in [-0.15, -0.1) is 5.69 Å². The van der Waals surface area contributed by atoms with E-state index in [1.54, 1.807) is 13.8 Å². The van der Waals surface area contributed by atoms with Crippen LogP contribution in [0.25, 0.3) is 0 Å². The Bertz CT molecular complexity index is 1300. The topological polar surface area (TPSA) is 46.9 Å². The maximum Gasteiger partial charge on any atom is 0.0850 e. The number of benzene rings is 4. The number of para-hydroxylation sites is 1. The van der Waals surface area contributed by atoms with E-state index in [2.05, 4.69) is 135 Å². The summed E-state index contributed by atoms with van der Waals surface area (Å²) in [6, 6.07) is 37.1. The van der Waals surface area contributed by atoms with Crippen LogP contribution >= 0.6 is 7.92 Å². The Morgan fingerprint density at radius 2 is 1.33 bits per heavy atom. The van der Waals surface area contributed by atoms with Gasteiger partial charge in [0.25, 0.3) is 0 Å². The van der Waals surface area contributed by atoms with Crippen molar-refractivity contribution in [3.8, 4) is 0 Å². The van der Waals surface area contributed by atoms with E-state index >= 15 is 0 Å². The fourth-order valence-electron chi connectivity index (χ4n) is 4.49. The number of hydrogen-bond donors (Lipinski definition) is 2. The standard InChI is InChI=1S/C16H16N2.C15H14P.C5H12O2.Os/c1-12-9-15-16(10-13(12)2)18(11-17(15)3)14-7-5-4-6-8-14;1-2-13-16(14-9-5-3-6-10-14)15-11-7-4-8-12-15;1-4(6)3-5(2)7;/h4-7,9-11H,1-3H3;2-13H,1H2;4-7H,3H2,1-2H3;/q-2;-1;;/p+1. The number of allylic oxidation sites excluding steroid dienone is 1. The van der Waals surface area contributed by atoms with Gasteiger partial charge in [-0.25, -0.2) is 6.92 Å². The predicted octanol–water partition coefficient (Wildman–Crippen LogP) is 7.15. The molecule has 4 aromatic carbocycles. The molecule has 0 aliphatic carbocycles. The van der Waals surface area contributed by atoms with Crippen molar-refractivity contribution in [1.82, 2.24) is 0 Å². The van der Waals surface area contributed by atoms with Crippen molar-refractivity contribution in [1.29, 1.82) is 0 Å². The first kappa shape index (κ1) is 35.3. The molecule has 2 atom stereocenters. The van der Waals surface area contributed by atoms with Gasteiger partial charge in [-0.3, -0.25) is 0 Å². The van der Waals surface area contributed by atoms with Crippen molar-refractivity contribution in [2.24, 2.45) is 0 Å². The Morgan fingerprint density at radius 3 is 1.76 bits per heavy atom. The summed E-state index contributed by atoms with van der Waals surface area (Å²) in [6.07, 6.45) is 1.63. The zero-order chi connectivity index (χ0) is 29.8. The number of aliphatic hydroxyl groups is 2. The molecule has 224 valence electrons. The molecule has 0 bridgehead atoms. The number of anilines is 3. The molecule has 0 saturated carbocycles. The first-order chi connectivity index (χ1) is 19.7. The molecule has 0 fully saturated rings. The molecule has 1 aliphatic rings. The Labute approximate surface area is 267 Å². The molecule has 2 unspecified atom stereocenters. The van der Waals surface area contributed by atoms with Crippen LogP contribution in [-0.4, -0.2) is 29.5 Å². The van der Waals surface area contributed by atoms with Crippen molar-refractivity contribution in [3.05, 3.63) is 140 Å². The zero-order valence-corrected chi connectivity index (χ0v) is 28.7. The Kier molecular flexibility index (Phi) is 15.0. The normalized spacial score (nSPS) is 13.3. The second-order valence-electron chi connectivity index (χ2n) is 10.3. The first-order valence-electron chi connectivity index (χ1n) is 14.0. The number of rotatable bonds is 6. The van der Waals surface area contributed by atoms with Gasteiger partial charge >= 0.3 is 0 Å². The fourth-order valence-corrected chi connectivity index (χ4v) is 6.55. The minimum Gasteiger partial charge on any atom is -0.504 e. The summed E-state index contributed by atoms with van der Waals surface area (Å²) in [5.41, 5.74) is 6.19. The van der Waals surface area contributed by atoms with Gasteiger partial charge in [-0.1, -0.05) is 42.2 Å². The van der Waals surface area contributed by atoms with E-state index in [-0.39, 0.29) is 32.0 Å². The Hall–Kier alpha value is -2.92. The molecule has 0 aromatic heterocycles. The summed E-state index contributed by atoms with van der Waals surface area (Å²) in [5, 5.41) is 19.9. The summed E-state index contributed by atoms with van der Waals surface area (Å²) in [7, 11) is 1.29. The number of fused-ring (bicyclic) bond motifs is 1. The van der Waals surface area contributed by atoms with Crippen molar-refractivity contribution in [2.45, 2.75) is 46.3 Å². The van der Waals surface area contributed by atoms with Crippen LogP contribution in [0, 0.1) is 33.5 Å². The van der Waals surface area contributed by atoms with Crippen LogP contribution in [-0.2, 0) is 19.8 Å². The summed E-state index contributed by atoms with van der Waals surface area (Å²) in [6.45, 7) is 13.6. The van der Waals surface area contributed by atoms with Gasteiger partial charge < -0.3 is 20.0 Å². The Morgan fingerprint density at radius 1 is 0.833 bits per heavy atom. The van der Waals surface area contributed by atoms with Crippen LogP contribution in [0.4, 0.5) is 17.1 Å². The molecule has 42 heavy (non-hydrogen) atoms. The molecule has 1 aliphatic heterocycles. The minimum absolute atomic E-state index is 0. The predicted molar refractivity (Wildman–Crippen MR) is 179 cm³/mol. The SMILES string of the molecule is CC(O)CC(C)O.Cc1cc2c(cc1C)N(c1[c-]cccc1)[CH-]N2C.[CH2-]C=C[PH+](c1ccccc1)c1ccccc1.[Os]. The van der Waals surface area contributed by atoms with Crippen molar-refractivity contribution >= 4 is 35.6 Å². The van der Waals surface area contributed by atoms with Gasteiger partial charge in [-0.05, 0) is 88.7 Å². The molecule has 5 rings (SSSR count). The fraction of sp³-hybridized carbons (Fsp3) is 0.222. The van der Waals surface area contributed by atoms with E-state index in [9.17, 15) is 0 Å². The van der Waals surface area contributed by atoms with Crippen LogP contribution in [0.5, 0.6) is 0 Å². The van der Waals surface area contributed by atoms with Crippen LogP contribution < -0.4 is 20.4 Å². The summed E-state index contributed by atoms with van der Waals surface area (Å²) in [5.74, 6) is 2.23. The van der Waals surface area contributed by atoms with E-state index in [1.807, 2.05) is 24.3 Å². The van der Waals surface area contributed by atoms with Gasteiger partial charge in [0.1, 0.15) is 0 Å². The average molecular weight is 757 g/mol. The molecule has 4 aromatic rings. The first-order valence-corrected chi connectivity index (χ1v) is 15.5. The van der Waals surface area contributed by atoms with E-state index in [4.69, 9.17) is 10.2 Å². The van der Waals surface area contributed by atoms with Crippen molar-refractivity contribution in [2.75, 3.05) is 16.8 Å². The molecule has 0 saturated heterocycles. The van der Waals surface area contributed by atoms with Crippen LogP contribution in [0.3, 0.4) is 0 Å². The quantitative estimate of drug-likeness (QED) is 0.162. The third kappa shape index (κ3) is 10.4. The molecule has 0 spiro atoms. The van der Waals surface area contributed by atoms with Gasteiger partial charge in [0.2, 0.25) is 0 Å². The maximum absolute atomic E-state index is 8.56. The van der Waals surface area contributed by atoms with Crippen LogP contribution in [0.15, 0.2) is 109 Å². The van der Waals surface area contributed by atoms with Crippen LogP contribution in [0.2, 0.25) is 0 Å². The zero-order valence-electron chi connectivity index (χ0n) is 25.2.